The Balaban J connectivity index is 1.93. The zero-order chi connectivity index (χ0) is 15.1. The van der Waals surface area contributed by atoms with E-state index in [-0.39, 0.29) is 23.6 Å². The quantitative estimate of drug-likeness (QED) is 0.763. The summed E-state index contributed by atoms with van der Waals surface area (Å²) >= 11 is 0. The van der Waals surface area contributed by atoms with Gasteiger partial charge in [0.2, 0.25) is 0 Å². The molecule has 6 heteroatoms. The second kappa shape index (κ2) is 7.54. The van der Waals surface area contributed by atoms with Crippen LogP contribution in [0.2, 0.25) is 0 Å². The van der Waals surface area contributed by atoms with Crippen molar-refractivity contribution in [3.8, 4) is 0 Å². The first-order chi connectivity index (χ1) is 10.2. The molecule has 2 rings (SSSR count). The maximum absolute atomic E-state index is 12.0. The fraction of sp³-hybridized carbons (Fsp3) is 0.400. The Morgan fingerprint density at radius 3 is 3.00 bits per heavy atom. The Morgan fingerprint density at radius 2 is 2.29 bits per heavy atom. The van der Waals surface area contributed by atoms with Gasteiger partial charge in [0.15, 0.2) is 0 Å². The SMILES string of the molecule is C=CCNC(=O)c1ccnc(C(=O)NCC2CCCO2)c1. The van der Waals surface area contributed by atoms with Crippen LogP contribution in [0.25, 0.3) is 0 Å². The van der Waals surface area contributed by atoms with Crippen LogP contribution in [0.3, 0.4) is 0 Å². The maximum Gasteiger partial charge on any atom is 0.269 e. The van der Waals surface area contributed by atoms with E-state index in [1.54, 1.807) is 12.1 Å². The highest BCUT2D eigenvalue weighted by Gasteiger charge is 2.17. The van der Waals surface area contributed by atoms with Gasteiger partial charge in [0.1, 0.15) is 5.69 Å². The lowest BCUT2D eigenvalue weighted by atomic mass is 10.2. The van der Waals surface area contributed by atoms with Gasteiger partial charge in [-0.25, -0.2) is 0 Å². The van der Waals surface area contributed by atoms with Gasteiger partial charge in [-0.1, -0.05) is 6.08 Å². The van der Waals surface area contributed by atoms with Gasteiger partial charge in [-0.2, -0.15) is 0 Å². The number of rotatable bonds is 6. The normalized spacial score (nSPS) is 17.2. The molecule has 2 heterocycles. The first-order valence-electron chi connectivity index (χ1n) is 6.95. The van der Waals surface area contributed by atoms with Crippen LogP contribution in [-0.4, -0.2) is 42.6 Å². The van der Waals surface area contributed by atoms with E-state index in [0.717, 1.165) is 19.4 Å². The zero-order valence-electron chi connectivity index (χ0n) is 11.8. The molecule has 2 amide bonds. The smallest absolute Gasteiger partial charge is 0.269 e. The number of ether oxygens (including phenoxy) is 1. The van der Waals surface area contributed by atoms with Gasteiger partial charge >= 0.3 is 0 Å². The summed E-state index contributed by atoms with van der Waals surface area (Å²) in [6.45, 7) is 5.12. The number of aromatic nitrogens is 1. The molecule has 0 aromatic carbocycles. The highest BCUT2D eigenvalue weighted by molar-refractivity contribution is 5.98. The lowest BCUT2D eigenvalue weighted by Gasteiger charge is -2.10. The van der Waals surface area contributed by atoms with Crippen LogP contribution < -0.4 is 10.6 Å². The van der Waals surface area contributed by atoms with E-state index < -0.39 is 0 Å². The molecular weight excluding hydrogens is 270 g/mol. The predicted molar refractivity (Wildman–Crippen MR) is 78.1 cm³/mol. The van der Waals surface area contributed by atoms with Gasteiger partial charge in [0.05, 0.1) is 6.10 Å². The lowest BCUT2D eigenvalue weighted by molar-refractivity contribution is 0.0853. The average Bonchev–Trinajstić information content (AvgIpc) is 3.03. The van der Waals surface area contributed by atoms with Crippen LogP contribution in [0.1, 0.15) is 33.7 Å². The Bertz CT molecular complexity index is 525. The number of pyridine rings is 1. The lowest BCUT2D eigenvalue weighted by Crippen LogP contribution is -2.32. The van der Waals surface area contributed by atoms with Crippen molar-refractivity contribution in [2.75, 3.05) is 19.7 Å². The van der Waals surface area contributed by atoms with Gasteiger partial charge in [-0.3, -0.25) is 14.6 Å². The number of hydrogen-bond donors (Lipinski definition) is 2. The van der Waals surface area contributed by atoms with Gasteiger partial charge < -0.3 is 15.4 Å². The van der Waals surface area contributed by atoms with Crippen molar-refractivity contribution < 1.29 is 14.3 Å². The van der Waals surface area contributed by atoms with E-state index in [4.69, 9.17) is 4.74 Å². The number of carbonyl (C=O) groups is 2. The Labute approximate surface area is 123 Å². The topological polar surface area (TPSA) is 80.3 Å². The largest absolute Gasteiger partial charge is 0.376 e. The number of nitrogens with one attached hydrogen (secondary N) is 2. The summed E-state index contributed by atoms with van der Waals surface area (Å²) in [5, 5.41) is 5.43. The highest BCUT2D eigenvalue weighted by Crippen LogP contribution is 2.10. The predicted octanol–water partition coefficient (Wildman–Crippen LogP) is 0.906. The minimum absolute atomic E-state index is 0.0769. The third-order valence-electron chi connectivity index (χ3n) is 3.18. The molecule has 1 unspecified atom stereocenters. The fourth-order valence-electron chi connectivity index (χ4n) is 2.07. The maximum atomic E-state index is 12.0. The minimum Gasteiger partial charge on any atom is -0.376 e. The third kappa shape index (κ3) is 4.39. The van der Waals surface area contributed by atoms with E-state index in [0.29, 0.717) is 18.7 Å². The summed E-state index contributed by atoms with van der Waals surface area (Å²) in [4.78, 5) is 27.8. The van der Waals surface area contributed by atoms with Crippen molar-refractivity contribution in [2.45, 2.75) is 18.9 Å². The van der Waals surface area contributed by atoms with Crippen molar-refractivity contribution in [1.29, 1.82) is 0 Å². The summed E-state index contributed by atoms with van der Waals surface area (Å²) in [7, 11) is 0. The third-order valence-corrected chi connectivity index (χ3v) is 3.18. The molecule has 0 radical (unpaired) electrons. The van der Waals surface area contributed by atoms with Crippen LogP contribution in [0.5, 0.6) is 0 Å². The van der Waals surface area contributed by atoms with Crippen LogP contribution in [0, 0.1) is 0 Å². The molecule has 112 valence electrons. The van der Waals surface area contributed by atoms with E-state index in [9.17, 15) is 9.59 Å². The fourth-order valence-corrected chi connectivity index (χ4v) is 2.07. The second-order valence-corrected chi connectivity index (χ2v) is 4.77. The van der Waals surface area contributed by atoms with Crippen molar-refractivity contribution in [3.63, 3.8) is 0 Å². The summed E-state index contributed by atoms with van der Waals surface area (Å²) in [5.41, 5.74) is 0.619. The van der Waals surface area contributed by atoms with E-state index in [1.165, 1.54) is 12.3 Å². The molecule has 1 atom stereocenters. The number of nitrogens with zero attached hydrogens (tertiary/aromatic N) is 1. The molecule has 6 nitrogen and oxygen atoms in total. The second-order valence-electron chi connectivity index (χ2n) is 4.77. The molecule has 1 aromatic heterocycles. The monoisotopic (exact) mass is 289 g/mol. The first kappa shape index (κ1) is 15.2. The molecule has 1 fully saturated rings. The van der Waals surface area contributed by atoms with Gasteiger partial charge in [-0.15, -0.1) is 6.58 Å². The molecule has 1 aliphatic heterocycles. The van der Waals surface area contributed by atoms with E-state index in [1.807, 2.05) is 0 Å². The Hall–Kier alpha value is -2.21. The van der Waals surface area contributed by atoms with Crippen molar-refractivity contribution in [3.05, 3.63) is 42.2 Å². The standard InChI is InChI=1S/C15H19N3O3/c1-2-6-17-14(19)11-5-7-16-13(9-11)15(20)18-10-12-4-3-8-21-12/h2,5,7,9,12H,1,3-4,6,8,10H2,(H,17,19)(H,18,20). The van der Waals surface area contributed by atoms with Crippen molar-refractivity contribution in [1.82, 2.24) is 15.6 Å². The Morgan fingerprint density at radius 1 is 1.43 bits per heavy atom. The van der Waals surface area contributed by atoms with Crippen LogP contribution in [-0.2, 0) is 4.74 Å². The molecular formula is C15H19N3O3. The van der Waals surface area contributed by atoms with Crippen molar-refractivity contribution in [2.24, 2.45) is 0 Å². The molecule has 2 N–H and O–H groups in total. The van der Waals surface area contributed by atoms with Gasteiger partial charge in [0, 0.05) is 31.5 Å². The molecule has 0 aliphatic carbocycles. The average molecular weight is 289 g/mol. The van der Waals surface area contributed by atoms with Crippen LogP contribution >= 0.6 is 0 Å². The molecule has 0 bridgehead atoms. The molecule has 0 saturated carbocycles. The molecule has 1 aromatic rings. The van der Waals surface area contributed by atoms with Crippen LogP contribution in [0.15, 0.2) is 31.0 Å². The van der Waals surface area contributed by atoms with Gasteiger partial charge in [0.25, 0.3) is 11.8 Å². The minimum atomic E-state index is -0.302. The van der Waals surface area contributed by atoms with E-state index in [2.05, 4.69) is 22.2 Å². The number of amides is 2. The molecule has 21 heavy (non-hydrogen) atoms. The Kier molecular flexibility index (Phi) is 5.45. The summed E-state index contributed by atoms with van der Waals surface area (Å²) < 4.78 is 5.44. The van der Waals surface area contributed by atoms with Gasteiger partial charge in [-0.05, 0) is 25.0 Å². The molecule has 1 aliphatic rings. The number of carbonyl (C=O) groups excluding carboxylic acids is 2. The summed E-state index contributed by atoms with van der Waals surface area (Å²) in [6, 6.07) is 3.04. The number of hydrogen-bond acceptors (Lipinski definition) is 4. The molecule has 1 saturated heterocycles. The van der Waals surface area contributed by atoms with Crippen molar-refractivity contribution >= 4 is 11.8 Å². The summed E-state index contributed by atoms with van der Waals surface area (Å²) in [5.74, 6) is -0.561. The summed E-state index contributed by atoms with van der Waals surface area (Å²) in [6.07, 6.45) is 5.10. The van der Waals surface area contributed by atoms with Crippen LogP contribution in [0.4, 0.5) is 0 Å². The first-order valence-corrected chi connectivity index (χ1v) is 6.95. The highest BCUT2D eigenvalue weighted by atomic mass is 16.5. The van der Waals surface area contributed by atoms with E-state index >= 15 is 0 Å². The zero-order valence-corrected chi connectivity index (χ0v) is 11.8. The molecule has 0 spiro atoms.